The molecular weight excluding hydrogens is 258 g/mol. The number of hydrogen-bond donors (Lipinski definition) is 0. The second-order valence-corrected chi connectivity index (χ2v) is 6.46. The van der Waals surface area contributed by atoms with E-state index in [1.807, 2.05) is 6.08 Å². The Balaban J connectivity index is 1.96. The van der Waals surface area contributed by atoms with Gasteiger partial charge >= 0.3 is 0 Å². The lowest BCUT2D eigenvalue weighted by molar-refractivity contribution is 0.0755. The Morgan fingerprint density at radius 2 is 1.52 bits per heavy atom. The summed E-state index contributed by atoms with van der Waals surface area (Å²) in [5.41, 5.74) is 3.11. The van der Waals surface area contributed by atoms with E-state index in [0.29, 0.717) is 12.1 Å². The minimum Gasteiger partial charge on any atom is -0.272 e. The fourth-order valence-corrected chi connectivity index (χ4v) is 3.53. The van der Waals surface area contributed by atoms with Gasteiger partial charge in [-0.05, 0) is 38.2 Å². The molecule has 0 aromatic carbocycles. The minimum absolute atomic E-state index is 0.624. The van der Waals surface area contributed by atoms with Crippen molar-refractivity contribution in [2.24, 2.45) is 10.3 Å². The maximum absolute atomic E-state index is 4.59. The fourth-order valence-electron chi connectivity index (χ4n) is 3.53. The Hall–Kier alpha value is -1.08. The minimum atomic E-state index is 0.624. The monoisotopic (exact) mass is 289 g/mol. The lowest BCUT2D eigenvalue weighted by Crippen LogP contribution is -2.41. The van der Waals surface area contributed by atoms with Crippen molar-refractivity contribution in [2.45, 2.75) is 96.1 Å². The molecule has 0 radical (unpaired) electrons. The second kappa shape index (κ2) is 9.78. The van der Waals surface area contributed by atoms with E-state index in [0.717, 1.165) is 12.8 Å². The van der Waals surface area contributed by atoms with Gasteiger partial charge < -0.3 is 0 Å². The molecule has 21 heavy (non-hydrogen) atoms. The third-order valence-electron chi connectivity index (χ3n) is 4.74. The summed E-state index contributed by atoms with van der Waals surface area (Å²) in [5, 5.41) is 11.2. The molecule has 0 amide bonds. The predicted molar refractivity (Wildman–Crippen MR) is 88.0 cm³/mol. The molecule has 0 saturated heterocycles. The van der Waals surface area contributed by atoms with Crippen LogP contribution < -0.4 is 0 Å². The molecule has 0 bridgehead atoms. The van der Waals surface area contributed by atoms with E-state index >= 15 is 0 Å². The highest BCUT2D eigenvalue weighted by Crippen LogP contribution is 2.30. The van der Waals surface area contributed by atoms with Crippen LogP contribution >= 0.6 is 0 Å². The second-order valence-electron chi connectivity index (χ2n) is 6.46. The molecule has 118 valence electrons. The zero-order valence-electron chi connectivity index (χ0n) is 13.6. The van der Waals surface area contributed by atoms with Crippen LogP contribution in [-0.2, 0) is 0 Å². The standard InChI is InChI=1S/C18H31N3/c1-2-3-4-11-16-19-20-21(17-12-7-5-8-13-17)18-14-9-6-10-15-18/h4,16-18H,2-3,5-10,12-15H2,1H3. The molecule has 0 spiro atoms. The van der Waals surface area contributed by atoms with Crippen molar-refractivity contribution in [3.05, 3.63) is 18.0 Å². The van der Waals surface area contributed by atoms with E-state index in [9.17, 15) is 0 Å². The highest BCUT2D eigenvalue weighted by atomic mass is 15.6. The van der Waals surface area contributed by atoms with Gasteiger partial charge in [-0.1, -0.05) is 57.1 Å². The molecule has 0 N–H and O–H groups in total. The first-order valence-corrected chi connectivity index (χ1v) is 9.00. The highest BCUT2D eigenvalue weighted by Gasteiger charge is 2.28. The zero-order valence-corrected chi connectivity index (χ0v) is 13.6. The van der Waals surface area contributed by atoms with E-state index < -0.39 is 0 Å². The van der Waals surface area contributed by atoms with Crippen molar-refractivity contribution >= 4 is 0 Å². The third-order valence-corrected chi connectivity index (χ3v) is 4.74. The topological polar surface area (TPSA) is 28.0 Å². The van der Waals surface area contributed by atoms with Gasteiger partial charge in [0.2, 0.25) is 0 Å². The Morgan fingerprint density at radius 3 is 2.05 bits per heavy atom. The normalized spacial score (nSPS) is 21.2. The van der Waals surface area contributed by atoms with Gasteiger partial charge in [-0.15, -0.1) is 10.8 Å². The van der Waals surface area contributed by atoms with Crippen molar-refractivity contribution in [2.75, 3.05) is 0 Å². The molecule has 3 heteroatoms. The molecule has 0 atom stereocenters. The average molecular weight is 289 g/mol. The maximum Gasteiger partial charge on any atom is 0.0928 e. The molecular formula is C18H31N3. The largest absolute Gasteiger partial charge is 0.272 e. The molecule has 0 aliphatic heterocycles. The van der Waals surface area contributed by atoms with Gasteiger partial charge in [0.15, 0.2) is 0 Å². The van der Waals surface area contributed by atoms with Gasteiger partial charge in [-0.3, -0.25) is 5.01 Å². The number of unbranched alkanes of at least 4 members (excludes halogenated alkanes) is 1. The quantitative estimate of drug-likeness (QED) is 0.345. The Morgan fingerprint density at radius 1 is 0.952 bits per heavy atom. The van der Waals surface area contributed by atoms with Crippen LogP contribution in [-0.4, -0.2) is 17.1 Å². The van der Waals surface area contributed by atoms with E-state index in [-0.39, 0.29) is 0 Å². The average Bonchev–Trinajstić information content (AvgIpc) is 2.56. The lowest BCUT2D eigenvalue weighted by Gasteiger charge is -2.38. The van der Waals surface area contributed by atoms with Gasteiger partial charge in [0, 0.05) is 12.1 Å². The van der Waals surface area contributed by atoms with Crippen molar-refractivity contribution in [1.82, 2.24) is 5.01 Å². The van der Waals surface area contributed by atoms with Gasteiger partial charge in [0.05, 0.1) is 6.20 Å². The van der Waals surface area contributed by atoms with E-state index in [1.54, 1.807) is 6.20 Å². The SMILES string of the molecule is CCCC=C=CN=NN(C1CCCCC1)C1CCCCC1. The van der Waals surface area contributed by atoms with E-state index in [2.05, 4.69) is 28.0 Å². The van der Waals surface area contributed by atoms with Crippen LogP contribution in [0.4, 0.5) is 0 Å². The van der Waals surface area contributed by atoms with Crippen molar-refractivity contribution in [1.29, 1.82) is 0 Å². The van der Waals surface area contributed by atoms with Crippen LogP contribution in [0.5, 0.6) is 0 Å². The van der Waals surface area contributed by atoms with Crippen LogP contribution in [0.1, 0.15) is 84.0 Å². The lowest BCUT2D eigenvalue weighted by atomic mass is 9.90. The van der Waals surface area contributed by atoms with Crippen LogP contribution in [0.3, 0.4) is 0 Å². The molecule has 0 aromatic rings. The summed E-state index contributed by atoms with van der Waals surface area (Å²) >= 11 is 0. The summed E-state index contributed by atoms with van der Waals surface area (Å²) < 4.78 is 0. The van der Waals surface area contributed by atoms with Gasteiger partial charge in [-0.25, -0.2) is 0 Å². The van der Waals surface area contributed by atoms with Gasteiger partial charge in [-0.2, -0.15) is 0 Å². The summed E-state index contributed by atoms with van der Waals surface area (Å²) in [5.74, 6) is 0. The van der Waals surface area contributed by atoms with Crippen LogP contribution in [0, 0.1) is 0 Å². The molecule has 2 rings (SSSR count). The first kappa shape index (κ1) is 16.3. The summed E-state index contributed by atoms with van der Waals surface area (Å²) in [6, 6.07) is 1.25. The van der Waals surface area contributed by atoms with Gasteiger partial charge in [0.1, 0.15) is 0 Å². The highest BCUT2D eigenvalue weighted by molar-refractivity contribution is 4.84. The molecule has 2 aliphatic carbocycles. The first-order valence-electron chi connectivity index (χ1n) is 9.00. The maximum atomic E-state index is 4.59. The van der Waals surface area contributed by atoms with E-state index in [1.165, 1.54) is 64.2 Å². The molecule has 3 nitrogen and oxygen atoms in total. The Bertz CT molecular complexity index is 339. The van der Waals surface area contributed by atoms with Crippen molar-refractivity contribution < 1.29 is 0 Å². The summed E-state index contributed by atoms with van der Waals surface area (Å²) in [7, 11) is 0. The summed E-state index contributed by atoms with van der Waals surface area (Å²) in [4.78, 5) is 0. The van der Waals surface area contributed by atoms with Gasteiger partial charge in [0.25, 0.3) is 0 Å². The molecule has 0 unspecified atom stereocenters. The number of allylic oxidation sites excluding steroid dienone is 1. The Kier molecular flexibility index (Phi) is 7.59. The summed E-state index contributed by atoms with van der Waals surface area (Å²) in [6.07, 6.45) is 19.4. The van der Waals surface area contributed by atoms with Crippen molar-refractivity contribution in [3.8, 4) is 0 Å². The Labute approximate surface area is 130 Å². The molecule has 2 fully saturated rings. The van der Waals surface area contributed by atoms with E-state index in [4.69, 9.17) is 0 Å². The predicted octanol–water partition coefficient (Wildman–Crippen LogP) is 5.79. The third kappa shape index (κ3) is 5.67. The number of rotatable bonds is 6. The number of hydrogen-bond acceptors (Lipinski definition) is 2. The fraction of sp³-hybridized carbons (Fsp3) is 0.833. The molecule has 0 heterocycles. The van der Waals surface area contributed by atoms with Crippen LogP contribution in [0.15, 0.2) is 28.3 Å². The molecule has 2 saturated carbocycles. The first-order chi connectivity index (χ1) is 10.4. The van der Waals surface area contributed by atoms with Crippen LogP contribution in [0.2, 0.25) is 0 Å². The van der Waals surface area contributed by atoms with Crippen LogP contribution in [0.25, 0.3) is 0 Å². The zero-order chi connectivity index (χ0) is 14.8. The molecule has 0 aromatic heterocycles. The number of nitrogens with zero attached hydrogens (tertiary/aromatic N) is 3. The summed E-state index contributed by atoms with van der Waals surface area (Å²) in [6.45, 7) is 2.17. The molecule has 2 aliphatic rings. The van der Waals surface area contributed by atoms with Crippen molar-refractivity contribution in [3.63, 3.8) is 0 Å². The smallest absolute Gasteiger partial charge is 0.0928 e.